The summed E-state index contributed by atoms with van der Waals surface area (Å²) in [5, 5.41) is 4.67. The highest BCUT2D eigenvalue weighted by molar-refractivity contribution is 7.13. The number of nitrogens with zero attached hydrogens (tertiary/aromatic N) is 3. The Bertz CT molecular complexity index is 1320. The summed E-state index contributed by atoms with van der Waals surface area (Å²) in [6.45, 7) is 1.22. The Labute approximate surface area is 179 Å². The lowest BCUT2D eigenvalue weighted by atomic mass is 10.2. The Hall–Kier alpha value is -3.72. The van der Waals surface area contributed by atoms with Crippen molar-refractivity contribution in [2.45, 2.75) is 13.5 Å². The van der Waals surface area contributed by atoms with E-state index in [2.05, 4.69) is 15.3 Å². The predicted molar refractivity (Wildman–Crippen MR) is 115 cm³/mol. The van der Waals surface area contributed by atoms with Crippen molar-refractivity contribution < 1.29 is 13.6 Å². The van der Waals surface area contributed by atoms with E-state index in [1.54, 1.807) is 6.92 Å². The molecule has 0 fully saturated rings. The third-order valence-electron chi connectivity index (χ3n) is 4.56. The van der Waals surface area contributed by atoms with Gasteiger partial charge in [0.1, 0.15) is 29.0 Å². The van der Waals surface area contributed by atoms with Gasteiger partial charge in [-0.25, -0.2) is 18.7 Å². The zero-order chi connectivity index (χ0) is 22.0. The molecule has 2 aromatic heterocycles. The van der Waals surface area contributed by atoms with Crippen LogP contribution in [-0.2, 0) is 11.3 Å². The second kappa shape index (κ2) is 8.57. The van der Waals surface area contributed by atoms with E-state index in [9.17, 15) is 18.4 Å². The van der Waals surface area contributed by atoms with Crippen LogP contribution in [0.5, 0.6) is 0 Å². The highest BCUT2D eigenvalue weighted by atomic mass is 32.1. The molecule has 4 aromatic rings. The van der Waals surface area contributed by atoms with Crippen molar-refractivity contribution in [1.29, 1.82) is 0 Å². The number of anilines is 1. The molecule has 0 aliphatic heterocycles. The van der Waals surface area contributed by atoms with Crippen LogP contribution in [0.25, 0.3) is 21.8 Å². The van der Waals surface area contributed by atoms with E-state index in [-0.39, 0.29) is 17.8 Å². The number of thiazole rings is 1. The molecule has 31 heavy (non-hydrogen) atoms. The van der Waals surface area contributed by atoms with Gasteiger partial charge in [-0.05, 0) is 19.1 Å². The maximum absolute atomic E-state index is 13.8. The van der Waals surface area contributed by atoms with Crippen LogP contribution < -0.4 is 10.9 Å². The lowest BCUT2D eigenvalue weighted by molar-refractivity contribution is -0.116. The Morgan fingerprint density at radius 3 is 2.68 bits per heavy atom. The molecule has 0 spiro atoms. The average Bonchev–Trinajstić information content (AvgIpc) is 3.24. The van der Waals surface area contributed by atoms with Gasteiger partial charge in [-0.15, -0.1) is 11.3 Å². The molecule has 6 nitrogen and oxygen atoms in total. The van der Waals surface area contributed by atoms with Gasteiger partial charge >= 0.3 is 0 Å². The number of hydrogen-bond acceptors (Lipinski definition) is 5. The van der Waals surface area contributed by atoms with Gasteiger partial charge in [0.25, 0.3) is 5.56 Å². The quantitative estimate of drug-likeness (QED) is 0.505. The third-order valence-corrected chi connectivity index (χ3v) is 5.43. The maximum atomic E-state index is 13.8. The van der Waals surface area contributed by atoms with Crippen LogP contribution in [0.2, 0.25) is 0 Å². The van der Waals surface area contributed by atoms with Gasteiger partial charge in [-0.3, -0.25) is 14.2 Å². The summed E-state index contributed by atoms with van der Waals surface area (Å²) in [7, 11) is 0. The van der Waals surface area contributed by atoms with E-state index in [0.717, 1.165) is 23.4 Å². The van der Waals surface area contributed by atoms with E-state index < -0.39 is 23.1 Å². The molecule has 2 aromatic carbocycles. The summed E-state index contributed by atoms with van der Waals surface area (Å²) in [5.41, 5.74) is 1.31. The SMILES string of the molecule is Cc1ncc(-c2nc(-c3ccccc3)cs2)c(=O)n1CC(=O)Nc1ccc(F)cc1F. The minimum atomic E-state index is -0.902. The minimum absolute atomic E-state index is 0.173. The molecule has 0 aliphatic carbocycles. The summed E-state index contributed by atoms with van der Waals surface area (Å²) in [6, 6.07) is 12.4. The first-order valence-corrected chi connectivity index (χ1v) is 10.1. The predicted octanol–water partition coefficient (Wildman–Crippen LogP) is 4.26. The smallest absolute Gasteiger partial charge is 0.264 e. The van der Waals surface area contributed by atoms with Crippen molar-refractivity contribution in [3.8, 4) is 21.8 Å². The number of benzene rings is 2. The molecule has 1 N–H and O–H groups in total. The number of aromatic nitrogens is 3. The fourth-order valence-electron chi connectivity index (χ4n) is 2.97. The Balaban J connectivity index is 1.60. The van der Waals surface area contributed by atoms with Gasteiger partial charge in [0.05, 0.1) is 16.9 Å². The molecule has 2 heterocycles. The summed E-state index contributed by atoms with van der Waals surface area (Å²) < 4.78 is 28.0. The van der Waals surface area contributed by atoms with Crippen molar-refractivity contribution >= 4 is 22.9 Å². The number of rotatable bonds is 5. The third kappa shape index (κ3) is 4.41. The number of aryl methyl sites for hydroxylation is 1. The van der Waals surface area contributed by atoms with Crippen molar-refractivity contribution in [2.24, 2.45) is 0 Å². The number of nitrogens with one attached hydrogen (secondary N) is 1. The summed E-state index contributed by atoms with van der Waals surface area (Å²) in [6.07, 6.45) is 1.43. The van der Waals surface area contributed by atoms with Crippen molar-refractivity contribution in [3.63, 3.8) is 0 Å². The van der Waals surface area contributed by atoms with E-state index in [4.69, 9.17) is 0 Å². The largest absolute Gasteiger partial charge is 0.322 e. The molecule has 1 amide bonds. The molecule has 0 saturated heterocycles. The Morgan fingerprint density at radius 2 is 1.94 bits per heavy atom. The van der Waals surface area contributed by atoms with Crippen molar-refractivity contribution in [3.05, 3.63) is 87.9 Å². The van der Waals surface area contributed by atoms with E-state index in [1.807, 2.05) is 35.7 Å². The van der Waals surface area contributed by atoms with Gasteiger partial charge in [0.2, 0.25) is 5.91 Å². The number of amides is 1. The van der Waals surface area contributed by atoms with E-state index in [1.165, 1.54) is 22.1 Å². The Morgan fingerprint density at radius 1 is 1.16 bits per heavy atom. The first-order valence-electron chi connectivity index (χ1n) is 9.25. The lowest BCUT2D eigenvalue weighted by Crippen LogP contribution is -2.31. The molecule has 0 saturated carbocycles. The first kappa shape index (κ1) is 20.5. The minimum Gasteiger partial charge on any atom is -0.322 e. The zero-order valence-corrected chi connectivity index (χ0v) is 17.1. The highest BCUT2D eigenvalue weighted by Crippen LogP contribution is 2.26. The Kier molecular flexibility index (Phi) is 5.68. The number of carbonyl (C=O) groups excluding carboxylic acids is 1. The molecular weight excluding hydrogens is 422 g/mol. The van der Waals surface area contributed by atoms with Gasteiger partial charge in [-0.1, -0.05) is 30.3 Å². The molecule has 4 rings (SSSR count). The molecule has 0 unspecified atom stereocenters. The summed E-state index contributed by atoms with van der Waals surface area (Å²) >= 11 is 1.30. The van der Waals surface area contributed by atoms with Crippen LogP contribution in [0.4, 0.5) is 14.5 Å². The zero-order valence-electron chi connectivity index (χ0n) is 16.3. The number of carbonyl (C=O) groups is 1. The molecule has 0 aliphatic rings. The van der Waals surface area contributed by atoms with Crippen LogP contribution in [-0.4, -0.2) is 20.4 Å². The standard InChI is InChI=1S/C22H16F2N4O2S/c1-13-25-10-16(21-27-19(12-31-21)14-5-3-2-4-6-14)22(30)28(13)11-20(29)26-18-8-7-15(23)9-17(18)24/h2-10,12H,11H2,1H3,(H,26,29). The molecule has 0 atom stereocenters. The molecule has 156 valence electrons. The van der Waals surface area contributed by atoms with E-state index >= 15 is 0 Å². The van der Waals surface area contributed by atoms with Gasteiger partial charge < -0.3 is 5.32 Å². The maximum Gasteiger partial charge on any atom is 0.264 e. The second-order valence-electron chi connectivity index (χ2n) is 6.69. The fourth-order valence-corrected chi connectivity index (χ4v) is 3.80. The monoisotopic (exact) mass is 438 g/mol. The molecule has 9 heteroatoms. The fraction of sp³-hybridized carbons (Fsp3) is 0.0909. The van der Waals surface area contributed by atoms with Gasteiger partial charge in [0, 0.05) is 23.2 Å². The number of hydrogen-bond donors (Lipinski definition) is 1. The van der Waals surface area contributed by atoms with Crippen molar-refractivity contribution in [2.75, 3.05) is 5.32 Å². The van der Waals surface area contributed by atoms with Crippen LogP contribution in [0, 0.1) is 18.6 Å². The normalized spacial score (nSPS) is 10.8. The molecule has 0 bridgehead atoms. The summed E-state index contributed by atoms with van der Waals surface area (Å²) in [5.74, 6) is -1.97. The van der Waals surface area contributed by atoms with Crippen LogP contribution in [0.3, 0.4) is 0 Å². The topological polar surface area (TPSA) is 76.9 Å². The van der Waals surface area contributed by atoms with Crippen LogP contribution in [0.15, 0.2) is 64.9 Å². The second-order valence-corrected chi connectivity index (χ2v) is 7.54. The van der Waals surface area contributed by atoms with Crippen LogP contribution >= 0.6 is 11.3 Å². The molecular formula is C22H16F2N4O2S. The first-order chi connectivity index (χ1) is 14.9. The van der Waals surface area contributed by atoms with Crippen molar-refractivity contribution in [1.82, 2.24) is 14.5 Å². The molecule has 0 radical (unpaired) electrons. The van der Waals surface area contributed by atoms with Gasteiger partial charge in [-0.2, -0.15) is 0 Å². The van der Waals surface area contributed by atoms with Crippen LogP contribution in [0.1, 0.15) is 5.82 Å². The van der Waals surface area contributed by atoms with Gasteiger partial charge in [0.15, 0.2) is 0 Å². The van der Waals surface area contributed by atoms with E-state index in [0.29, 0.717) is 16.9 Å². The summed E-state index contributed by atoms with van der Waals surface area (Å²) in [4.78, 5) is 34.2. The average molecular weight is 438 g/mol. The lowest BCUT2D eigenvalue weighted by Gasteiger charge is -2.11. The number of halogens is 2. The highest BCUT2D eigenvalue weighted by Gasteiger charge is 2.16.